The van der Waals surface area contributed by atoms with Gasteiger partial charge in [0.1, 0.15) is 29.9 Å². The number of aromatic nitrogens is 2. The van der Waals surface area contributed by atoms with Gasteiger partial charge < -0.3 is 24.7 Å². The van der Waals surface area contributed by atoms with Gasteiger partial charge in [-0.15, -0.1) is 11.3 Å². The average molecular weight is 556 g/mol. The zero-order chi connectivity index (χ0) is 26.5. The molecule has 0 bridgehead atoms. The number of halogens is 1. The van der Waals surface area contributed by atoms with Gasteiger partial charge in [-0.05, 0) is 50.5 Å². The summed E-state index contributed by atoms with van der Waals surface area (Å²) in [7, 11) is 0. The Morgan fingerprint density at radius 1 is 1.26 bits per heavy atom. The zero-order valence-corrected chi connectivity index (χ0v) is 22.7. The highest BCUT2D eigenvalue weighted by molar-refractivity contribution is 7.15. The van der Waals surface area contributed by atoms with Crippen LogP contribution in [0.1, 0.15) is 42.7 Å². The van der Waals surface area contributed by atoms with Gasteiger partial charge in [-0.1, -0.05) is 23.7 Å². The summed E-state index contributed by atoms with van der Waals surface area (Å²) < 4.78 is 25.4. The van der Waals surface area contributed by atoms with Gasteiger partial charge >= 0.3 is 0 Å². The van der Waals surface area contributed by atoms with Gasteiger partial charge in [-0.25, -0.2) is 4.98 Å². The standard InChI is InChI=1S/C28H30ClN3O5S/c1-18(20-9-8-19(14-21(20)29)34-12-13-36-28-7-3-5-11-35-28)37-23-15-24(38-25(23)16-26(30)33)22-17-31-27-6-2-4-10-32(22)27/h2,4,6,8-10,14-15,17-18,28H,3,5,7,11-13,16H2,1H3,(H2,30,33)/t18-,28?/m1/s1. The van der Waals surface area contributed by atoms with Crippen LogP contribution in [0.3, 0.4) is 0 Å². The Balaban J connectivity index is 1.26. The van der Waals surface area contributed by atoms with Crippen molar-refractivity contribution in [1.82, 2.24) is 9.38 Å². The van der Waals surface area contributed by atoms with Crippen molar-refractivity contribution < 1.29 is 23.7 Å². The maximum Gasteiger partial charge on any atom is 0.222 e. The number of pyridine rings is 1. The number of fused-ring (bicyclic) bond motifs is 1. The molecule has 1 unspecified atom stereocenters. The second-order valence-electron chi connectivity index (χ2n) is 9.07. The molecule has 1 fully saturated rings. The van der Waals surface area contributed by atoms with E-state index in [-0.39, 0.29) is 18.8 Å². The van der Waals surface area contributed by atoms with Crippen LogP contribution in [0.2, 0.25) is 5.02 Å². The fraction of sp³-hybridized carbons (Fsp3) is 0.357. The number of rotatable bonds is 11. The normalized spacial score (nSPS) is 16.4. The maximum atomic E-state index is 11.8. The lowest BCUT2D eigenvalue weighted by Gasteiger charge is -2.22. The van der Waals surface area contributed by atoms with E-state index in [1.54, 1.807) is 6.07 Å². The van der Waals surface area contributed by atoms with Crippen molar-refractivity contribution in [1.29, 1.82) is 0 Å². The zero-order valence-electron chi connectivity index (χ0n) is 21.1. The smallest absolute Gasteiger partial charge is 0.222 e. The van der Waals surface area contributed by atoms with Crippen LogP contribution in [0.4, 0.5) is 0 Å². The first kappa shape index (κ1) is 26.5. The van der Waals surface area contributed by atoms with E-state index in [9.17, 15) is 4.79 Å². The molecule has 38 heavy (non-hydrogen) atoms. The van der Waals surface area contributed by atoms with Crippen LogP contribution in [0.25, 0.3) is 16.2 Å². The first-order valence-electron chi connectivity index (χ1n) is 12.6. The number of hydrogen-bond acceptors (Lipinski definition) is 7. The molecule has 5 rings (SSSR count). The highest BCUT2D eigenvalue weighted by Gasteiger charge is 2.20. The molecule has 1 aromatic carbocycles. The van der Waals surface area contributed by atoms with E-state index in [4.69, 9.17) is 36.3 Å². The molecule has 0 aliphatic carbocycles. The van der Waals surface area contributed by atoms with Crippen molar-refractivity contribution in [3.63, 3.8) is 0 Å². The van der Waals surface area contributed by atoms with Gasteiger partial charge in [0.25, 0.3) is 0 Å². The van der Waals surface area contributed by atoms with Crippen LogP contribution in [0.5, 0.6) is 11.5 Å². The van der Waals surface area contributed by atoms with E-state index in [0.29, 0.717) is 29.7 Å². The lowest BCUT2D eigenvalue weighted by atomic mass is 10.1. The summed E-state index contributed by atoms with van der Waals surface area (Å²) in [6.45, 7) is 3.51. The van der Waals surface area contributed by atoms with Gasteiger partial charge in [0, 0.05) is 24.4 Å². The van der Waals surface area contributed by atoms with Crippen LogP contribution in [-0.2, 0) is 20.7 Å². The summed E-state index contributed by atoms with van der Waals surface area (Å²) in [4.78, 5) is 17.9. The molecule has 0 saturated carbocycles. The Labute approximate surface area is 230 Å². The number of thiophene rings is 1. The second-order valence-corrected chi connectivity index (χ2v) is 10.6. The predicted octanol–water partition coefficient (Wildman–Crippen LogP) is 5.81. The van der Waals surface area contributed by atoms with Crippen molar-refractivity contribution in [2.24, 2.45) is 5.73 Å². The molecule has 200 valence electrons. The summed E-state index contributed by atoms with van der Waals surface area (Å²) >= 11 is 8.07. The van der Waals surface area contributed by atoms with Crippen LogP contribution >= 0.6 is 22.9 Å². The molecular weight excluding hydrogens is 526 g/mol. The van der Waals surface area contributed by atoms with E-state index in [2.05, 4.69) is 4.98 Å². The minimum Gasteiger partial charge on any atom is -0.491 e. The minimum absolute atomic E-state index is 0.0813. The molecule has 2 N–H and O–H groups in total. The fourth-order valence-electron chi connectivity index (χ4n) is 4.40. The van der Waals surface area contributed by atoms with E-state index in [1.165, 1.54) is 11.3 Å². The number of nitrogens with zero attached hydrogens (tertiary/aromatic N) is 2. The van der Waals surface area contributed by atoms with Crippen molar-refractivity contribution in [2.75, 3.05) is 19.8 Å². The third-order valence-corrected chi connectivity index (χ3v) is 7.75. The molecule has 3 aromatic heterocycles. The Kier molecular flexibility index (Phi) is 8.48. The van der Waals surface area contributed by atoms with Gasteiger partial charge in [-0.2, -0.15) is 0 Å². The molecule has 10 heteroatoms. The minimum atomic E-state index is -0.424. The average Bonchev–Trinajstić information content (AvgIpc) is 3.51. The van der Waals surface area contributed by atoms with Gasteiger partial charge in [0.15, 0.2) is 6.29 Å². The summed E-state index contributed by atoms with van der Waals surface area (Å²) in [5.41, 5.74) is 8.09. The molecule has 8 nitrogen and oxygen atoms in total. The molecule has 1 amide bonds. The molecule has 1 saturated heterocycles. The number of primary amides is 1. The number of carbonyl (C=O) groups excluding carboxylic acids is 1. The lowest BCUT2D eigenvalue weighted by molar-refractivity contribution is -0.165. The van der Waals surface area contributed by atoms with E-state index < -0.39 is 5.91 Å². The van der Waals surface area contributed by atoms with E-state index in [0.717, 1.165) is 52.5 Å². The molecular formula is C28H30ClN3O5S. The van der Waals surface area contributed by atoms with Crippen molar-refractivity contribution >= 4 is 34.5 Å². The monoisotopic (exact) mass is 555 g/mol. The summed E-state index contributed by atoms with van der Waals surface area (Å²) in [5.74, 6) is 0.826. The molecule has 0 spiro atoms. The predicted molar refractivity (Wildman–Crippen MR) is 147 cm³/mol. The third kappa shape index (κ3) is 6.30. The molecule has 0 radical (unpaired) electrons. The van der Waals surface area contributed by atoms with Gasteiger partial charge in [-0.3, -0.25) is 9.20 Å². The number of nitrogens with two attached hydrogens (primary N) is 1. The van der Waals surface area contributed by atoms with E-state index in [1.807, 2.05) is 60.1 Å². The second kappa shape index (κ2) is 12.2. The highest BCUT2D eigenvalue weighted by Crippen LogP contribution is 2.40. The topological polar surface area (TPSA) is 97.3 Å². The Morgan fingerprint density at radius 3 is 2.95 bits per heavy atom. The molecule has 1 aliphatic rings. The molecule has 4 aromatic rings. The number of amides is 1. The van der Waals surface area contributed by atoms with Crippen molar-refractivity contribution in [3.8, 4) is 22.1 Å². The molecule has 4 heterocycles. The Morgan fingerprint density at radius 2 is 2.16 bits per heavy atom. The Bertz CT molecular complexity index is 1400. The highest BCUT2D eigenvalue weighted by atomic mass is 35.5. The van der Waals surface area contributed by atoms with Crippen molar-refractivity contribution in [2.45, 2.75) is 45.0 Å². The van der Waals surface area contributed by atoms with Crippen LogP contribution < -0.4 is 15.2 Å². The summed E-state index contributed by atoms with van der Waals surface area (Å²) in [5, 5.41) is 0.528. The Hall–Kier alpha value is -3.11. The fourth-order valence-corrected chi connectivity index (χ4v) is 5.83. The van der Waals surface area contributed by atoms with E-state index >= 15 is 0 Å². The van der Waals surface area contributed by atoms with Crippen LogP contribution in [-0.4, -0.2) is 41.4 Å². The maximum absolute atomic E-state index is 11.8. The summed E-state index contributed by atoms with van der Waals surface area (Å²) in [6, 6.07) is 13.3. The number of carbonyl (C=O) groups is 1. The largest absolute Gasteiger partial charge is 0.491 e. The van der Waals surface area contributed by atoms with Crippen molar-refractivity contribution in [3.05, 3.63) is 70.3 Å². The molecule has 2 atom stereocenters. The number of benzene rings is 1. The first-order valence-corrected chi connectivity index (χ1v) is 13.8. The van der Waals surface area contributed by atoms with Gasteiger partial charge in [0.05, 0.1) is 39.7 Å². The van der Waals surface area contributed by atoms with Gasteiger partial charge in [0.2, 0.25) is 5.91 Å². The quantitative estimate of drug-likeness (QED) is 0.235. The number of hydrogen-bond donors (Lipinski definition) is 1. The van der Waals surface area contributed by atoms with Crippen LogP contribution in [0.15, 0.2) is 54.9 Å². The lowest BCUT2D eigenvalue weighted by Crippen LogP contribution is -2.24. The number of ether oxygens (including phenoxy) is 4. The molecule has 1 aliphatic heterocycles. The first-order chi connectivity index (χ1) is 18.5. The number of imidazole rings is 1. The summed E-state index contributed by atoms with van der Waals surface area (Å²) in [6.07, 6.45) is 6.47. The third-order valence-electron chi connectivity index (χ3n) is 6.28. The SMILES string of the molecule is C[C@@H](Oc1cc(-c2cnc3ccccn23)sc1CC(N)=O)c1ccc(OCCOC2CCCCO2)cc1Cl. The van der Waals surface area contributed by atoms with Crippen LogP contribution in [0, 0.1) is 0 Å².